The molecule has 1 aliphatic rings. The molecular formula is C13H18FNO. The van der Waals surface area contributed by atoms with Gasteiger partial charge in [0.1, 0.15) is 5.82 Å². The summed E-state index contributed by atoms with van der Waals surface area (Å²) in [5.41, 5.74) is 1.13. The van der Waals surface area contributed by atoms with Crippen LogP contribution >= 0.6 is 0 Å². The molecule has 3 heteroatoms. The van der Waals surface area contributed by atoms with Gasteiger partial charge >= 0.3 is 0 Å². The summed E-state index contributed by atoms with van der Waals surface area (Å²) in [6.07, 6.45) is 1.14. The fourth-order valence-corrected chi connectivity index (χ4v) is 1.96. The van der Waals surface area contributed by atoms with Crippen molar-refractivity contribution in [1.29, 1.82) is 0 Å². The Morgan fingerprint density at radius 2 is 2.19 bits per heavy atom. The topological polar surface area (TPSA) is 21.3 Å². The van der Waals surface area contributed by atoms with Crippen molar-refractivity contribution in [1.82, 2.24) is 5.32 Å². The lowest BCUT2D eigenvalue weighted by Crippen LogP contribution is -2.25. The first-order chi connectivity index (χ1) is 7.75. The summed E-state index contributed by atoms with van der Waals surface area (Å²) in [7, 11) is 0. The molecule has 1 saturated heterocycles. The predicted octanol–water partition coefficient (Wildman–Crippen LogP) is 2.51. The third-order valence-electron chi connectivity index (χ3n) is 3.11. The molecule has 0 spiro atoms. The molecule has 0 radical (unpaired) electrons. The average Bonchev–Trinajstić information content (AvgIpc) is 2.80. The maximum absolute atomic E-state index is 12.7. The number of benzene rings is 1. The highest BCUT2D eigenvalue weighted by molar-refractivity contribution is 5.19. The Labute approximate surface area is 95.8 Å². The Kier molecular flexibility index (Phi) is 3.91. The van der Waals surface area contributed by atoms with Gasteiger partial charge in [-0.3, -0.25) is 0 Å². The van der Waals surface area contributed by atoms with Gasteiger partial charge in [0.2, 0.25) is 0 Å². The molecule has 1 N–H and O–H groups in total. The molecule has 88 valence electrons. The summed E-state index contributed by atoms with van der Waals surface area (Å²) in [4.78, 5) is 0. The molecule has 1 unspecified atom stereocenters. The fourth-order valence-electron chi connectivity index (χ4n) is 1.96. The third-order valence-corrected chi connectivity index (χ3v) is 3.11. The first-order valence-electron chi connectivity index (χ1n) is 5.82. The third kappa shape index (κ3) is 3.03. The maximum Gasteiger partial charge on any atom is 0.123 e. The summed E-state index contributed by atoms with van der Waals surface area (Å²) >= 11 is 0. The smallest absolute Gasteiger partial charge is 0.123 e. The van der Waals surface area contributed by atoms with Crippen LogP contribution in [0.25, 0.3) is 0 Å². The second-order valence-electron chi connectivity index (χ2n) is 4.41. The number of ether oxygens (including phenoxy) is 1. The molecule has 1 aromatic rings. The quantitative estimate of drug-likeness (QED) is 0.846. The van der Waals surface area contributed by atoms with Crippen molar-refractivity contribution in [3.8, 4) is 0 Å². The van der Waals surface area contributed by atoms with E-state index in [1.54, 1.807) is 0 Å². The Morgan fingerprint density at radius 1 is 1.44 bits per heavy atom. The van der Waals surface area contributed by atoms with Gasteiger partial charge in [-0.15, -0.1) is 0 Å². The molecule has 2 atom stereocenters. The van der Waals surface area contributed by atoms with Crippen LogP contribution < -0.4 is 5.32 Å². The Hall–Kier alpha value is -0.930. The second-order valence-corrected chi connectivity index (χ2v) is 4.41. The second kappa shape index (κ2) is 5.41. The Balaban J connectivity index is 1.82. The van der Waals surface area contributed by atoms with Gasteiger partial charge in [-0.2, -0.15) is 0 Å². The SMILES string of the molecule is C[C@@H](NCC1CCOC1)c1ccc(F)cc1. The van der Waals surface area contributed by atoms with E-state index in [2.05, 4.69) is 12.2 Å². The van der Waals surface area contributed by atoms with Crippen molar-refractivity contribution < 1.29 is 9.13 Å². The zero-order chi connectivity index (χ0) is 11.4. The molecule has 0 aliphatic carbocycles. The van der Waals surface area contributed by atoms with Crippen LogP contribution in [0.4, 0.5) is 4.39 Å². The Morgan fingerprint density at radius 3 is 2.81 bits per heavy atom. The van der Waals surface area contributed by atoms with Gasteiger partial charge in [0, 0.05) is 19.2 Å². The largest absolute Gasteiger partial charge is 0.381 e. The lowest BCUT2D eigenvalue weighted by molar-refractivity contribution is 0.184. The van der Waals surface area contributed by atoms with E-state index in [1.165, 1.54) is 12.1 Å². The number of rotatable bonds is 4. The maximum atomic E-state index is 12.7. The molecule has 0 aromatic heterocycles. The van der Waals surface area contributed by atoms with Crippen LogP contribution in [0, 0.1) is 11.7 Å². The van der Waals surface area contributed by atoms with Gasteiger partial charge in [0.05, 0.1) is 6.61 Å². The van der Waals surface area contributed by atoms with E-state index in [4.69, 9.17) is 4.74 Å². The van der Waals surface area contributed by atoms with E-state index in [0.29, 0.717) is 5.92 Å². The molecule has 2 nitrogen and oxygen atoms in total. The summed E-state index contributed by atoms with van der Waals surface area (Å²) in [6, 6.07) is 6.94. The van der Waals surface area contributed by atoms with E-state index in [9.17, 15) is 4.39 Å². The van der Waals surface area contributed by atoms with Crippen LogP contribution in [-0.4, -0.2) is 19.8 Å². The van der Waals surface area contributed by atoms with Crippen LogP contribution in [0.2, 0.25) is 0 Å². The average molecular weight is 223 g/mol. The molecule has 0 bridgehead atoms. The highest BCUT2D eigenvalue weighted by Crippen LogP contribution is 2.15. The van der Waals surface area contributed by atoms with E-state index in [1.807, 2.05) is 12.1 Å². The lowest BCUT2D eigenvalue weighted by Gasteiger charge is -2.16. The van der Waals surface area contributed by atoms with Gasteiger partial charge in [0.15, 0.2) is 0 Å². The molecule has 0 amide bonds. The first-order valence-corrected chi connectivity index (χ1v) is 5.82. The lowest BCUT2D eigenvalue weighted by atomic mass is 10.1. The van der Waals surface area contributed by atoms with E-state index < -0.39 is 0 Å². The van der Waals surface area contributed by atoms with Gasteiger partial charge in [-0.1, -0.05) is 12.1 Å². The minimum absolute atomic E-state index is 0.180. The van der Waals surface area contributed by atoms with E-state index in [-0.39, 0.29) is 11.9 Å². The molecule has 1 aromatic carbocycles. The number of hydrogen-bond acceptors (Lipinski definition) is 2. The summed E-state index contributed by atoms with van der Waals surface area (Å²) in [6.45, 7) is 4.82. The van der Waals surface area contributed by atoms with Crippen molar-refractivity contribution in [2.45, 2.75) is 19.4 Å². The van der Waals surface area contributed by atoms with Crippen molar-refractivity contribution in [2.24, 2.45) is 5.92 Å². The molecule has 16 heavy (non-hydrogen) atoms. The normalized spacial score (nSPS) is 22.2. The number of halogens is 1. The van der Waals surface area contributed by atoms with Crippen molar-refractivity contribution in [2.75, 3.05) is 19.8 Å². The van der Waals surface area contributed by atoms with Crippen LogP contribution in [0.5, 0.6) is 0 Å². The minimum atomic E-state index is -0.180. The Bertz CT molecular complexity index is 319. The molecule has 1 aliphatic heterocycles. The summed E-state index contributed by atoms with van der Waals surface area (Å²) < 4.78 is 18.1. The van der Waals surface area contributed by atoms with Crippen molar-refractivity contribution in [3.63, 3.8) is 0 Å². The highest BCUT2D eigenvalue weighted by atomic mass is 19.1. The van der Waals surface area contributed by atoms with E-state index in [0.717, 1.165) is 31.7 Å². The molecule has 1 fully saturated rings. The van der Waals surface area contributed by atoms with E-state index >= 15 is 0 Å². The minimum Gasteiger partial charge on any atom is -0.381 e. The fraction of sp³-hybridized carbons (Fsp3) is 0.538. The van der Waals surface area contributed by atoms with Crippen LogP contribution in [0.1, 0.15) is 24.9 Å². The zero-order valence-electron chi connectivity index (χ0n) is 9.58. The molecule has 1 heterocycles. The zero-order valence-corrected chi connectivity index (χ0v) is 9.58. The number of hydrogen-bond donors (Lipinski definition) is 1. The van der Waals surface area contributed by atoms with Crippen LogP contribution in [0.3, 0.4) is 0 Å². The van der Waals surface area contributed by atoms with Crippen molar-refractivity contribution >= 4 is 0 Å². The predicted molar refractivity (Wildman–Crippen MR) is 61.7 cm³/mol. The standard InChI is InChI=1S/C13H18FNO/c1-10(12-2-4-13(14)5-3-12)15-8-11-6-7-16-9-11/h2-5,10-11,15H,6-9H2,1H3/t10-,11?/m1/s1. The van der Waals surface area contributed by atoms with Gasteiger partial charge in [-0.25, -0.2) is 4.39 Å². The summed E-state index contributed by atoms with van der Waals surface area (Å²) in [5.74, 6) is 0.447. The first kappa shape index (κ1) is 11.6. The van der Waals surface area contributed by atoms with Gasteiger partial charge in [-0.05, 0) is 37.0 Å². The molecule has 2 rings (SSSR count). The monoisotopic (exact) mass is 223 g/mol. The number of nitrogens with one attached hydrogen (secondary N) is 1. The van der Waals surface area contributed by atoms with Gasteiger partial charge in [0.25, 0.3) is 0 Å². The van der Waals surface area contributed by atoms with Crippen molar-refractivity contribution in [3.05, 3.63) is 35.6 Å². The summed E-state index contributed by atoms with van der Waals surface area (Å²) in [5, 5.41) is 3.46. The van der Waals surface area contributed by atoms with Crippen LogP contribution in [-0.2, 0) is 4.74 Å². The molecule has 0 saturated carbocycles. The highest BCUT2D eigenvalue weighted by Gasteiger charge is 2.16. The van der Waals surface area contributed by atoms with Crippen LogP contribution in [0.15, 0.2) is 24.3 Å². The molecular weight excluding hydrogens is 205 g/mol. The van der Waals surface area contributed by atoms with Gasteiger partial charge < -0.3 is 10.1 Å².